The minimum atomic E-state index is 0.747. The van der Waals surface area contributed by atoms with Crippen LogP contribution in [0.4, 0.5) is 5.82 Å². The van der Waals surface area contributed by atoms with Gasteiger partial charge in [0.2, 0.25) is 0 Å². The number of hydrogen-bond acceptors (Lipinski definition) is 3. The van der Waals surface area contributed by atoms with Gasteiger partial charge >= 0.3 is 0 Å². The Morgan fingerprint density at radius 3 is 2.80 bits per heavy atom. The fourth-order valence-electron chi connectivity index (χ4n) is 0.666. The van der Waals surface area contributed by atoms with Gasteiger partial charge in [0.05, 0.1) is 0 Å². The highest BCUT2D eigenvalue weighted by Crippen LogP contribution is 2.05. The molecule has 0 saturated heterocycles. The molecule has 0 amide bonds. The standard InChI is InChI=1S/C7H10N2S/c1-8-7-3-2-6(5-10)4-9-7/h2-4,10H,5H2,1H3,(H,8,9). The monoisotopic (exact) mass is 154 g/mol. The molecule has 3 heteroatoms. The first-order valence-electron chi connectivity index (χ1n) is 3.10. The molecule has 0 atom stereocenters. The van der Waals surface area contributed by atoms with E-state index in [0.717, 1.165) is 17.1 Å². The number of thiol groups is 1. The normalized spacial score (nSPS) is 9.40. The summed E-state index contributed by atoms with van der Waals surface area (Å²) in [5.41, 5.74) is 1.14. The van der Waals surface area contributed by atoms with E-state index in [-0.39, 0.29) is 0 Å². The second-order valence-corrected chi connectivity index (χ2v) is 2.28. The van der Waals surface area contributed by atoms with Gasteiger partial charge in [-0.2, -0.15) is 12.6 Å². The van der Waals surface area contributed by atoms with Crippen molar-refractivity contribution in [3.8, 4) is 0 Å². The maximum Gasteiger partial charge on any atom is 0.125 e. The van der Waals surface area contributed by atoms with Crippen LogP contribution >= 0.6 is 12.6 Å². The lowest BCUT2D eigenvalue weighted by Crippen LogP contribution is -1.91. The number of aromatic nitrogens is 1. The van der Waals surface area contributed by atoms with Crippen molar-refractivity contribution in [1.29, 1.82) is 0 Å². The van der Waals surface area contributed by atoms with E-state index >= 15 is 0 Å². The molecule has 2 nitrogen and oxygen atoms in total. The SMILES string of the molecule is CNc1ccc(CS)cn1. The van der Waals surface area contributed by atoms with Gasteiger partial charge in [-0.3, -0.25) is 0 Å². The highest BCUT2D eigenvalue weighted by Gasteiger charge is 1.89. The molecular formula is C7H10N2S. The molecule has 1 rings (SSSR count). The minimum absolute atomic E-state index is 0.747. The number of pyridine rings is 1. The van der Waals surface area contributed by atoms with Crippen LogP contribution in [0.5, 0.6) is 0 Å². The second-order valence-electron chi connectivity index (χ2n) is 1.96. The Balaban J connectivity index is 2.80. The maximum absolute atomic E-state index is 4.11. The molecule has 1 aromatic heterocycles. The van der Waals surface area contributed by atoms with Crippen molar-refractivity contribution < 1.29 is 0 Å². The average Bonchev–Trinajstić information content (AvgIpc) is 2.05. The summed E-state index contributed by atoms with van der Waals surface area (Å²) in [6.07, 6.45) is 1.82. The number of nitrogens with one attached hydrogen (secondary N) is 1. The van der Waals surface area contributed by atoms with Crippen molar-refractivity contribution in [3.63, 3.8) is 0 Å². The lowest BCUT2D eigenvalue weighted by atomic mass is 10.3. The molecule has 0 unspecified atom stereocenters. The van der Waals surface area contributed by atoms with Crippen molar-refractivity contribution in [2.75, 3.05) is 12.4 Å². The van der Waals surface area contributed by atoms with E-state index < -0.39 is 0 Å². The minimum Gasteiger partial charge on any atom is -0.373 e. The van der Waals surface area contributed by atoms with E-state index in [2.05, 4.69) is 22.9 Å². The molecule has 0 aromatic carbocycles. The van der Waals surface area contributed by atoms with Crippen LogP contribution in [0.25, 0.3) is 0 Å². The highest BCUT2D eigenvalue weighted by molar-refractivity contribution is 7.79. The largest absolute Gasteiger partial charge is 0.373 e. The van der Waals surface area contributed by atoms with Crippen LogP contribution in [-0.4, -0.2) is 12.0 Å². The molecule has 0 saturated carbocycles. The zero-order chi connectivity index (χ0) is 7.40. The Labute approximate surface area is 66.1 Å². The first-order chi connectivity index (χ1) is 4.86. The summed E-state index contributed by atoms with van der Waals surface area (Å²) in [4.78, 5) is 4.11. The topological polar surface area (TPSA) is 24.9 Å². The first kappa shape index (κ1) is 7.41. The molecule has 0 spiro atoms. The van der Waals surface area contributed by atoms with E-state index in [9.17, 15) is 0 Å². The van der Waals surface area contributed by atoms with Gasteiger partial charge in [-0.05, 0) is 11.6 Å². The third kappa shape index (κ3) is 1.64. The summed E-state index contributed by atoms with van der Waals surface area (Å²) >= 11 is 4.11. The number of rotatable bonds is 2. The number of nitrogens with zero attached hydrogens (tertiary/aromatic N) is 1. The van der Waals surface area contributed by atoms with Gasteiger partial charge in [0.25, 0.3) is 0 Å². The van der Waals surface area contributed by atoms with Crippen LogP contribution in [0.3, 0.4) is 0 Å². The van der Waals surface area contributed by atoms with Gasteiger partial charge in [0.15, 0.2) is 0 Å². The van der Waals surface area contributed by atoms with Crippen molar-refractivity contribution >= 4 is 18.4 Å². The van der Waals surface area contributed by atoms with Crippen LogP contribution in [0, 0.1) is 0 Å². The maximum atomic E-state index is 4.11. The predicted octanol–water partition coefficient (Wildman–Crippen LogP) is 1.55. The molecule has 54 valence electrons. The summed E-state index contributed by atoms with van der Waals surface area (Å²) in [7, 11) is 1.85. The van der Waals surface area contributed by atoms with Gasteiger partial charge in [-0.25, -0.2) is 4.98 Å². The Morgan fingerprint density at radius 2 is 2.40 bits per heavy atom. The van der Waals surface area contributed by atoms with Crippen molar-refractivity contribution in [1.82, 2.24) is 4.98 Å². The lowest BCUT2D eigenvalue weighted by molar-refractivity contribution is 1.23. The van der Waals surface area contributed by atoms with Crippen molar-refractivity contribution in [2.45, 2.75) is 5.75 Å². The predicted molar refractivity (Wildman–Crippen MR) is 46.5 cm³/mol. The van der Waals surface area contributed by atoms with E-state index in [1.54, 1.807) is 0 Å². The van der Waals surface area contributed by atoms with E-state index in [1.165, 1.54) is 0 Å². The fraction of sp³-hybridized carbons (Fsp3) is 0.286. The van der Waals surface area contributed by atoms with Crippen LogP contribution in [0.15, 0.2) is 18.3 Å². The lowest BCUT2D eigenvalue weighted by Gasteiger charge is -1.98. The quantitative estimate of drug-likeness (QED) is 0.632. The summed E-state index contributed by atoms with van der Waals surface area (Å²) in [5.74, 6) is 1.64. The molecule has 1 N–H and O–H groups in total. The smallest absolute Gasteiger partial charge is 0.125 e. The summed E-state index contributed by atoms with van der Waals surface area (Å²) in [6.45, 7) is 0. The Kier molecular flexibility index (Phi) is 2.57. The molecule has 0 aliphatic heterocycles. The van der Waals surface area contributed by atoms with Gasteiger partial charge in [-0.1, -0.05) is 6.07 Å². The first-order valence-corrected chi connectivity index (χ1v) is 3.73. The third-order valence-corrected chi connectivity index (χ3v) is 1.63. The molecule has 1 heterocycles. The molecule has 10 heavy (non-hydrogen) atoms. The zero-order valence-corrected chi connectivity index (χ0v) is 6.73. The second kappa shape index (κ2) is 3.46. The molecule has 1 aromatic rings. The average molecular weight is 154 g/mol. The van der Waals surface area contributed by atoms with Crippen LogP contribution in [0.2, 0.25) is 0 Å². The Hall–Kier alpha value is -0.700. The van der Waals surface area contributed by atoms with E-state index in [4.69, 9.17) is 0 Å². The van der Waals surface area contributed by atoms with Gasteiger partial charge in [0, 0.05) is 19.0 Å². The molecular weight excluding hydrogens is 144 g/mol. The van der Waals surface area contributed by atoms with Crippen molar-refractivity contribution in [2.24, 2.45) is 0 Å². The Morgan fingerprint density at radius 1 is 1.60 bits per heavy atom. The molecule has 0 aliphatic carbocycles. The Bertz CT molecular complexity index is 172. The zero-order valence-electron chi connectivity index (χ0n) is 5.83. The summed E-state index contributed by atoms with van der Waals surface area (Å²) < 4.78 is 0. The van der Waals surface area contributed by atoms with Gasteiger partial charge in [0.1, 0.15) is 5.82 Å². The van der Waals surface area contributed by atoms with Crippen LogP contribution in [-0.2, 0) is 5.75 Å². The molecule has 0 aliphatic rings. The highest BCUT2D eigenvalue weighted by atomic mass is 32.1. The fourth-order valence-corrected chi connectivity index (χ4v) is 0.853. The summed E-state index contributed by atoms with van der Waals surface area (Å²) in [6, 6.07) is 3.94. The van der Waals surface area contributed by atoms with E-state index in [0.29, 0.717) is 0 Å². The van der Waals surface area contributed by atoms with Crippen LogP contribution in [0.1, 0.15) is 5.56 Å². The third-order valence-electron chi connectivity index (χ3n) is 1.26. The molecule has 0 radical (unpaired) electrons. The molecule has 0 fully saturated rings. The molecule has 0 bridgehead atoms. The number of hydrogen-bond donors (Lipinski definition) is 2. The number of anilines is 1. The van der Waals surface area contributed by atoms with Gasteiger partial charge < -0.3 is 5.32 Å². The van der Waals surface area contributed by atoms with Crippen molar-refractivity contribution in [3.05, 3.63) is 23.9 Å². The van der Waals surface area contributed by atoms with Gasteiger partial charge in [-0.15, -0.1) is 0 Å². The van der Waals surface area contributed by atoms with Crippen LogP contribution < -0.4 is 5.32 Å². The summed E-state index contributed by atoms with van der Waals surface area (Å²) in [5, 5.41) is 2.94. The van der Waals surface area contributed by atoms with E-state index in [1.807, 2.05) is 25.4 Å².